The van der Waals surface area contributed by atoms with Crippen LogP contribution in [-0.4, -0.2) is 51.5 Å². The van der Waals surface area contributed by atoms with Gasteiger partial charge in [0.15, 0.2) is 0 Å². The van der Waals surface area contributed by atoms with E-state index in [4.69, 9.17) is 5.73 Å². The van der Waals surface area contributed by atoms with Gasteiger partial charge in [0.1, 0.15) is 23.4 Å². The minimum atomic E-state index is -4.83. The summed E-state index contributed by atoms with van der Waals surface area (Å²) in [7, 11) is 0. The van der Waals surface area contributed by atoms with Crippen LogP contribution in [-0.2, 0) is 11.0 Å². The van der Waals surface area contributed by atoms with Crippen molar-refractivity contribution in [1.82, 2.24) is 19.4 Å². The van der Waals surface area contributed by atoms with E-state index in [0.717, 1.165) is 12.4 Å². The number of pyridine rings is 1. The molecule has 0 unspecified atom stereocenters. The molecule has 0 saturated carbocycles. The van der Waals surface area contributed by atoms with Crippen LogP contribution in [0.4, 0.5) is 24.7 Å². The van der Waals surface area contributed by atoms with Crippen molar-refractivity contribution in [3.63, 3.8) is 0 Å². The van der Waals surface area contributed by atoms with Gasteiger partial charge < -0.3 is 15.5 Å². The number of nitrogens with zero attached hydrogens (tertiary/aromatic N) is 5. The van der Waals surface area contributed by atoms with Crippen LogP contribution in [0.15, 0.2) is 42.0 Å². The Morgan fingerprint density at radius 3 is 2.44 bits per heavy atom. The van der Waals surface area contributed by atoms with Crippen LogP contribution in [0.1, 0.15) is 16.8 Å². The van der Waals surface area contributed by atoms with Crippen molar-refractivity contribution in [1.29, 1.82) is 0 Å². The Morgan fingerprint density at radius 1 is 1.15 bits per heavy atom. The number of carbonyl (C=O) groups is 1. The Kier molecular flexibility index (Phi) is 5.80. The number of aryl methyl sites for hydroxylation is 1. The molecule has 0 spiro atoms. The van der Waals surface area contributed by atoms with Gasteiger partial charge in [-0.25, -0.2) is 9.97 Å². The van der Waals surface area contributed by atoms with E-state index in [0.29, 0.717) is 41.9 Å². The molecule has 1 fully saturated rings. The maximum Gasteiger partial charge on any atom is 0.431 e. The number of amides is 1. The standard InChI is InChI=1S/C23H23F3N6O2/c1-4-18(33)30-7-9-31(10-8-30)21-15-11-17(23(24,25)26)32(22(34)19(15)28-12-29-21)20-13(2)5-6-16(27)14(20)3/h4-6,11-12H,1,7-10,27H2,2-3H3. The van der Waals surface area contributed by atoms with Crippen molar-refractivity contribution in [3.8, 4) is 5.69 Å². The first kappa shape index (κ1) is 23.3. The Bertz CT molecular complexity index is 1360. The van der Waals surface area contributed by atoms with Gasteiger partial charge in [-0.1, -0.05) is 12.6 Å². The second-order valence-electron chi connectivity index (χ2n) is 8.09. The molecule has 0 atom stereocenters. The summed E-state index contributed by atoms with van der Waals surface area (Å²) >= 11 is 0. The third-order valence-electron chi connectivity index (χ3n) is 6.04. The first-order valence-electron chi connectivity index (χ1n) is 10.5. The number of fused-ring (bicyclic) bond motifs is 1. The quantitative estimate of drug-likeness (QED) is 0.465. The molecule has 1 aliphatic rings. The number of rotatable bonds is 3. The fourth-order valence-electron chi connectivity index (χ4n) is 4.25. The maximum atomic E-state index is 14.3. The Hall–Kier alpha value is -3.89. The summed E-state index contributed by atoms with van der Waals surface area (Å²) in [5, 5.41) is -0.00113. The lowest BCUT2D eigenvalue weighted by atomic mass is 10.1. The second kappa shape index (κ2) is 8.47. The molecule has 4 rings (SSSR count). The zero-order valence-corrected chi connectivity index (χ0v) is 18.7. The van der Waals surface area contributed by atoms with Crippen molar-refractivity contribution in [3.05, 3.63) is 64.4 Å². The van der Waals surface area contributed by atoms with E-state index in [9.17, 15) is 22.8 Å². The number of carbonyl (C=O) groups excluding carboxylic acids is 1. The van der Waals surface area contributed by atoms with E-state index in [1.165, 1.54) is 6.08 Å². The molecule has 3 heterocycles. The summed E-state index contributed by atoms with van der Waals surface area (Å²) in [5.74, 6) is -0.00575. The molecule has 0 bridgehead atoms. The average molecular weight is 472 g/mol. The van der Waals surface area contributed by atoms with E-state index in [1.54, 1.807) is 35.8 Å². The van der Waals surface area contributed by atoms with E-state index in [2.05, 4.69) is 16.5 Å². The van der Waals surface area contributed by atoms with Gasteiger partial charge in [0.05, 0.1) is 11.1 Å². The summed E-state index contributed by atoms with van der Waals surface area (Å²) in [5.41, 5.74) is 4.95. The SMILES string of the molecule is C=CC(=O)N1CCN(c2ncnc3c(=O)n(-c4c(C)ccc(N)c4C)c(C(F)(F)F)cc23)CC1. The first-order chi connectivity index (χ1) is 16.0. The van der Waals surface area contributed by atoms with Gasteiger partial charge >= 0.3 is 6.18 Å². The highest BCUT2D eigenvalue weighted by atomic mass is 19.4. The second-order valence-corrected chi connectivity index (χ2v) is 8.09. The van der Waals surface area contributed by atoms with Crippen LogP contribution in [0.25, 0.3) is 16.6 Å². The van der Waals surface area contributed by atoms with Crippen molar-refractivity contribution in [2.75, 3.05) is 36.8 Å². The molecule has 1 saturated heterocycles. The molecule has 0 radical (unpaired) electrons. The number of hydrogen-bond acceptors (Lipinski definition) is 6. The number of alkyl halides is 3. The number of halogens is 3. The highest BCUT2D eigenvalue weighted by Gasteiger charge is 2.37. The molecule has 1 aliphatic heterocycles. The number of benzene rings is 1. The average Bonchev–Trinajstić information content (AvgIpc) is 2.81. The third kappa shape index (κ3) is 3.87. The summed E-state index contributed by atoms with van der Waals surface area (Å²) in [6, 6.07) is 4.07. The number of anilines is 2. The van der Waals surface area contributed by atoms with Crippen LogP contribution < -0.4 is 16.2 Å². The molecule has 8 nitrogen and oxygen atoms in total. The lowest BCUT2D eigenvalue weighted by Gasteiger charge is -2.35. The molecule has 2 N–H and O–H groups in total. The van der Waals surface area contributed by atoms with Gasteiger partial charge in [0.25, 0.3) is 5.56 Å². The lowest BCUT2D eigenvalue weighted by Crippen LogP contribution is -2.48. The molecule has 1 aromatic carbocycles. The molecule has 2 aromatic heterocycles. The number of nitrogens with two attached hydrogens (primary N) is 1. The van der Waals surface area contributed by atoms with Crippen LogP contribution in [0.3, 0.4) is 0 Å². The number of piperazine rings is 1. The molecule has 34 heavy (non-hydrogen) atoms. The first-order valence-corrected chi connectivity index (χ1v) is 10.5. The summed E-state index contributed by atoms with van der Waals surface area (Å²) in [6.07, 6.45) is -2.45. The van der Waals surface area contributed by atoms with E-state index >= 15 is 0 Å². The number of aromatic nitrogens is 3. The molecular formula is C23H23F3N6O2. The number of hydrogen-bond donors (Lipinski definition) is 1. The Balaban J connectivity index is 1.93. The van der Waals surface area contributed by atoms with E-state index in [1.807, 2.05) is 0 Å². The zero-order valence-electron chi connectivity index (χ0n) is 18.7. The van der Waals surface area contributed by atoms with E-state index < -0.39 is 17.4 Å². The Labute approximate surface area is 193 Å². The fourth-order valence-corrected chi connectivity index (χ4v) is 4.25. The smallest absolute Gasteiger partial charge is 0.398 e. The van der Waals surface area contributed by atoms with Crippen molar-refractivity contribution < 1.29 is 18.0 Å². The largest absolute Gasteiger partial charge is 0.431 e. The normalized spacial score (nSPS) is 14.5. The fraction of sp³-hybridized carbons (Fsp3) is 0.304. The predicted octanol–water partition coefficient (Wildman–Crippen LogP) is 2.83. The zero-order chi connectivity index (χ0) is 24.8. The summed E-state index contributed by atoms with van der Waals surface area (Å²) in [4.78, 5) is 36.9. The van der Waals surface area contributed by atoms with E-state index in [-0.39, 0.29) is 34.0 Å². The van der Waals surface area contributed by atoms with Crippen molar-refractivity contribution in [2.24, 2.45) is 0 Å². The highest BCUT2D eigenvalue weighted by Crippen LogP contribution is 2.35. The van der Waals surface area contributed by atoms with Gasteiger partial charge in [-0.05, 0) is 43.2 Å². The van der Waals surface area contributed by atoms with Crippen LogP contribution in [0.2, 0.25) is 0 Å². The summed E-state index contributed by atoms with van der Waals surface area (Å²) < 4.78 is 43.4. The lowest BCUT2D eigenvalue weighted by molar-refractivity contribution is -0.142. The van der Waals surface area contributed by atoms with Gasteiger partial charge in [-0.15, -0.1) is 0 Å². The Morgan fingerprint density at radius 2 is 1.82 bits per heavy atom. The van der Waals surface area contributed by atoms with Crippen molar-refractivity contribution >= 4 is 28.3 Å². The molecule has 178 valence electrons. The van der Waals surface area contributed by atoms with Crippen LogP contribution in [0.5, 0.6) is 0 Å². The van der Waals surface area contributed by atoms with Gasteiger partial charge in [-0.2, -0.15) is 13.2 Å². The highest BCUT2D eigenvalue weighted by molar-refractivity contribution is 5.90. The van der Waals surface area contributed by atoms with Crippen LogP contribution >= 0.6 is 0 Å². The third-order valence-corrected chi connectivity index (χ3v) is 6.04. The monoisotopic (exact) mass is 472 g/mol. The van der Waals surface area contributed by atoms with Gasteiger partial charge in [0.2, 0.25) is 5.91 Å². The molecule has 0 aliphatic carbocycles. The topological polar surface area (TPSA) is 97.4 Å². The summed E-state index contributed by atoms with van der Waals surface area (Å²) in [6.45, 7) is 8.03. The van der Waals surface area contributed by atoms with Gasteiger partial charge in [0, 0.05) is 31.9 Å². The van der Waals surface area contributed by atoms with Gasteiger partial charge in [-0.3, -0.25) is 14.2 Å². The molecule has 1 amide bonds. The minimum Gasteiger partial charge on any atom is -0.398 e. The molecule has 11 heteroatoms. The maximum absolute atomic E-state index is 14.3. The molecular weight excluding hydrogens is 449 g/mol. The minimum absolute atomic E-state index is 0.00113. The number of nitrogen functional groups attached to an aromatic ring is 1. The molecule has 3 aromatic rings. The van der Waals surface area contributed by atoms with Crippen LogP contribution in [0, 0.1) is 13.8 Å². The van der Waals surface area contributed by atoms with Crippen molar-refractivity contribution in [2.45, 2.75) is 20.0 Å². The predicted molar refractivity (Wildman–Crippen MR) is 123 cm³/mol.